The standard InChI is InChI=1S/C20H23FN2O/c21-16-6-7-19-17(12-16)18(22)13-20(24-19)8-10-23(11-9-20)14-15-4-2-1-3-5-15/h1-7,12,18H,8-11,13-14,22H2/t18-/m0/s1. The van der Waals surface area contributed by atoms with Gasteiger partial charge in [-0.05, 0) is 36.6 Å². The van der Waals surface area contributed by atoms with Crippen LogP contribution in [0.2, 0.25) is 0 Å². The quantitative estimate of drug-likeness (QED) is 0.915. The highest BCUT2D eigenvalue weighted by Crippen LogP contribution is 2.43. The van der Waals surface area contributed by atoms with Gasteiger partial charge in [-0.2, -0.15) is 0 Å². The number of hydrogen-bond acceptors (Lipinski definition) is 3. The van der Waals surface area contributed by atoms with E-state index in [1.807, 2.05) is 6.07 Å². The summed E-state index contributed by atoms with van der Waals surface area (Å²) in [7, 11) is 0. The summed E-state index contributed by atoms with van der Waals surface area (Å²) in [5.41, 5.74) is 8.26. The number of likely N-dealkylation sites (tertiary alicyclic amines) is 1. The Kier molecular flexibility index (Phi) is 4.02. The van der Waals surface area contributed by atoms with Crippen LogP contribution in [0, 0.1) is 5.82 Å². The molecule has 2 aromatic carbocycles. The van der Waals surface area contributed by atoms with Crippen molar-refractivity contribution in [2.45, 2.75) is 37.5 Å². The maximum absolute atomic E-state index is 13.4. The molecule has 0 amide bonds. The predicted octanol–water partition coefficient (Wildman–Crippen LogP) is 3.64. The lowest BCUT2D eigenvalue weighted by molar-refractivity contribution is -0.0235. The molecule has 0 aliphatic carbocycles. The molecule has 0 aromatic heterocycles. The molecule has 4 rings (SSSR count). The molecule has 2 aliphatic rings. The molecule has 2 heterocycles. The van der Waals surface area contributed by atoms with Crippen molar-refractivity contribution < 1.29 is 9.13 Å². The van der Waals surface area contributed by atoms with Crippen LogP contribution in [0.4, 0.5) is 4.39 Å². The zero-order chi connectivity index (χ0) is 16.6. The summed E-state index contributed by atoms with van der Waals surface area (Å²) in [6.07, 6.45) is 2.69. The van der Waals surface area contributed by atoms with Gasteiger partial charge in [0.2, 0.25) is 0 Å². The van der Waals surface area contributed by atoms with Crippen molar-refractivity contribution >= 4 is 0 Å². The third kappa shape index (κ3) is 3.04. The van der Waals surface area contributed by atoms with Crippen LogP contribution in [0.1, 0.15) is 36.4 Å². The van der Waals surface area contributed by atoms with Crippen molar-refractivity contribution in [1.82, 2.24) is 4.90 Å². The summed E-state index contributed by atoms with van der Waals surface area (Å²) in [4.78, 5) is 2.47. The van der Waals surface area contributed by atoms with Crippen molar-refractivity contribution in [1.29, 1.82) is 0 Å². The fourth-order valence-corrected chi connectivity index (χ4v) is 3.95. The zero-order valence-corrected chi connectivity index (χ0v) is 13.7. The third-order valence-corrected chi connectivity index (χ3v) is 5.31. The Balaban J connectivity index is 1.44. The maximum Gasteiger partial charge on any atom is 0.125 e. The van der Waals surface area contributed by atoms with Gasteiger partial charge in [-0.1, -0.05) is 30.3 Å². The topological polar surface area (TPSA) is 38.5 Å². The molecule has 2 N–H and O–H groups in total. The summed E-state index contributed by atoms with van der Waals surface area (Å²) >= 11 is 0. The van der Waals surface area contributed by atoms with Crippen molar-refractivity contribution in [3.63, 3.8) is 0 Å². The first-order valence-electron chi connectivity index (χ1n) is 8.64. The first-order chi connectivity index (χ1) is 11.6. The number of ether oxygens (including phenoxy) is 1. The Hall–Kier alpha value is -1.91. The number of nitrogens with two attached hydrogens (primary N) is 1. The molecule has 1 spiro atoms. The molecule has 2 aliphatic heterocycles. The van der Waals surface area contributed by atoms with Crippen LogP contribution in [0.3, 0.4) is 0 Å². The minimum Gasteiger partial charge on any atom is -0.487 e. The van der Waals surface area contributed by atoms with Gasteiger partial charge >= 0.3 is 0 Å². The second kappa shape index (κ2) is 6.19. The molecular formula is C20H23FN2O. The number of fused-ring (bicyclic) bond motifs is 1. The van der Waals surface area contributed by atoms with Gasteiger partial charge in [0, 0.05) is 37.7 Å². The van der Waals surface area contributed by atoms with E-state index in [1.54, 1.807) is 6.07 Å². The number of benzene rings is 2. The van der Waals surface area contributed by atoms with E-state index in [1.165, 1.54) is 17.7 Å². The molecular weight excluding hydrogens is 303 g/mol. The van der Waals surface area contributed by atoms with Crippen molar-refractivity contribution in [3.8, 4) is 5.75 Å². The van der Waals surface area contributed by atoms with Gasteiger partial charge in [0.1, 0.15) is 17.2 Å². The number of piperidine rings is 1. The van der Waals surface area contributed by atoms with Gasteiger partial charge in [0.05, 0.1) is 0 Å². The molecule has 126 valence electrons. The van der Waals surface area contributed by atoms with Crippen molar-refractivity contribution in [2.24, 2.45) is 5.73 Å². The van der Waals surface area contributed by atoms with Crippen LogP contribution in [0.25, 0.3) is 0 Å². The molecule has 0 bridgehead atoms. The fraction of sp³-hybridized carbons (Fsp3) is 0.400. The Morgan fingerprint density at radius 2 is 1.88 bits per heavy atom. The van der Waals surface area contributed by atoms with Gasteiger partial charge in [-0.15, -0.1) is 0 Å². The average Bonchev–Trinajstić information content (AvgIpc) is 2.59. The van der Waals surface area contributed by atoms with Crippen molar-refractivity contribution in [3.05, 3.63) is 65.5 Å². The van der Waals surface area contributed by atoms with E-state index in [4.69, 9.17) is 10.5 Å². The smallest absolute Gasteiger partial charge is 0.125 e. The summed E-state index contributed by atoms with van der Waals surface area (Å²) in [6, 6.07) is 15.1. The Morgan fingerprint density at radius 1 is 1.12 bits per heavy atom. The molecule has 1 saturated heterocycles. The van der Waals surface area contributed by atoms with Crippen molar-refractivity contribution in [2.75, 3.05) is 13.1 Å². The molecule has 1 fully saturated rings. The van der Waals surface area contributed by atoms with E-state index in [2.05, 4.69) is 29.2 Å². The molecule has 4 heteroatoms. The highest BCUT2D eigenvalue weighted by atomic mass is 19.1. The van der Waals surface area contributed by atoms with E-state index in [0.29, 0.717) is 0 Å². The van der Waals surface area contributed by atoms with Crippen LogP contribution in [-0.2, 0) is 6.54 Å². The van der Waals surface area contributed by atoms with Gasteiger partial charge in [-0.3, -0.25) is 4.90 Å². The van der Waals surface area contributed by atoms with E-state index >= 15 is 0 Å². The fourth-order valence-electron chi connectivity index (χ4n) is 3.95. The van der Waals surface area contributed by atoms with E-state index in [-0.39, 0.29) is 17.5 Å². The number of halogens is 1. The van der Waals surface area contributed by atoms with Gasteiger partial charge < -0.3 is 10.5 Å². The van der Waals surface area contributed by atoms with Gasteiger partial charge in [0.15, 0.2) is 0 Å². The van der Waals surface area contributed by atoms with Crippen LogP contribution < -0.4 is 10.5 Å². The molecule has 1 atom stereocenters. The lowest BCUT2D eigenvalue weighted by atomic mass is 9.81. The zero-order valence-electron chi connectivity index (χ0n) is 13.7. The first kappa shape index (κ1) is 15.6. The maximum atomic E-state index is 13.4. The largest absolute Gasteiger partial charge is 0.487 e. The number of hydrogen-bond donors (Lipinski definition) is 1. The van der Waals surface area contributed by atoms with E-state index in [9.17, 15) is 4.39 Å². The van der Waals surface area contributed by atoms with E-state index < -0.39 is 0 Å². The first-order valence-corrected chi connectivity index (χ1v) is 8.64. The predicted molar refractivity (Wildman–Crippen MR) is 92.3 cm³/mol. The van der Waals surface area contributed by atoms with Crippen LogP contribution >= 0.6 is 0 Å². The monoisotopic (exact) mass is 326 g/mol. The molecule has 0 saturated carbocycles. The summed E-state index contributed by atoms with van der Waals surface area (Å²) in [5, 5.41) is 0. The second-order valence-corrected chi connectivity index (χ2v) is 7.04. The minimum absolute atomic E-state index is 0.148. The Bertz CT molecular complexity index is 711. The highest BCUT2D eigenvalue weighted by molar-refractivity contribution is 5.39. The van der Waals surface area contributed by atoms with Crippen LogP contribution in [0.5, 0.6) is 5.75 Å². The van der Waals surface area contributed by atoms with Crippen LogP contribution in [0.15, 0.2) is 48.5 Å². The summed E-state index contributed by atoms with van der Waals surface area (Å²) in [5.74, 6) is 0.507. The lowest BCUT2D eigenvalue weighted by Gasteiger charge is -2.46. The van der Waals surface area contributed by atoms with E-state index in [0.717, 1.165) is 50.2 Å². The SMILES string of the molecule is N[C@H]1CC2(CCN(Cc3ccccc3)CC2)Oc2ccc(F)cc21. The van der Waals surface area contributed by atoms with Gasteiger partial charge in [0.25, 0.3) is 0 Å². The summed E-state index contributed by atoms with van der Waals surface area (Å²) in [6.45, 7) is 2.97. The Labute approximate surface area is 142 Å². The molecule has 3 nitrogen and oxygen atoms in total. The molecule has 2 aromatic rings. The number of rotatable bonds is 2. The third-order valence-electron chi connectivity index (χ3n) is 5.31. The van der Waals surface area contributed by atoms with Gasteiger partial charge in [-0.25, -0.2) is 4.39 Å². The normalized spacial score (nSPS) is 22.8. The lowest BCUT2D eigenvalue weighted by Crippen LogP contribution is -2.51. The number of nitrogens with zero attached hydrogens (tertiary/aromatic N) is 1. The van der Waals surface area contributed by atoms with Crippen LogP contribution in [-0.4, -0.2) is 23.6 Å². The average molecular weight is 326 g/mol. The molecule has 24 heavy (non-hydrogen) atoms. The minimum atomic E-state index is -0.249. The Morgan fingerprint density at radius 3 is 2.62 bits per heavy atom. The molecule has 0 unspecified atom stereocenters. The second-order valence-electron chi connectivity index (χ2n) is 7.04. The highest BCUT2D eigenvalue weighted by Gasteiger charge is 2.42. The molecule has 0 radical (unpaired) electrons. The summed E-state index contributed by atoms with van der Waals surface area (Å²) < 4.78 is 19.8.